The third-order valence-corrected chi connectivity index (χ3v) is 2.78. The van der Waals surface area contributed by atoms with Gasteiger partial charge < -0.3 is 0 Å². The molecule has 1 aromatic rings. The first-order chi connectivity index (χ1) is 6.39. The standard InChI is InChI=1S/C9H10ClNO2S/c1-14(2,13)9(12)11-8-5-3-7(10)4-6-8/h3-6H,1-2H3/p+1. The van der Waals surface area contributed by atoms with Crippen molar-refractivity contribution >= 4 is 32.5 Å². The van der Waals surface area contributed by atoms with E-state index in [0.717, 1.165) is 0 Å². The fourth-order valence-electron chi connectivity index (χ4n) is 0.774. The predicted molar refractivity (Wildman–Crippen MR) is 60.4 cm³/mol. The Morgan fingerprint density at radius 2 is 1.79 bits per heavy atom. The SMILES string of the molecule is C[S+](C)(=O)C(=O)Nc1ccc(Cl)cc1. The molecule has 1 rings (SSSR count). The highest BCUT2D eigenvalue weighted by Gasteiger charge is 2.25. The second-order valence-corrected chi connectivity index (χ2v) is 6.43. The van der Waals surface area contributed by atoms with E-state index < -0.39 is 15.2 Å². The Bertz CT molecular complexity index is 382. The van der Waals surface area contributed by atoms with Crippen LogP contribution in [-0.2, 0) is 14.1 Å². The molecule has 0 saturated carbocycles. The van der Waals surface area contributed by atoms with Crippen molar-refractivity contribution in [2.45, 2.75) is 0 Å². The third-order valence-electron chi connectivity index (χ3n) is 1.54. The number of anilines is 1. The number of halogens is 1. The van der Waals surface area contributed by atoms with Gasteiger partial charge in [-0.15, -0.1) is 0 Å². The van der Waals surface area contributed by atoms with Crippen molar-refractivity contribution in [3.63, 3.8) is 0 Å². The average Bonchev–Trinajstić information content (AvgIpc) is 2.07. The molecular weight excluding hydrogens is 222 g/mol. The van der Waals surface area contributed by atoms with E-state index in [4.69, 9.17) is 11.6 Å². The zero-order chi connectivity index (χ0) is 10.8. The Kier molecular flexibility index (Phi) is 3.29. The highest BCUT2D eigenvalue weighted by atomic mass is 35.5. The molecule has 0 spiro atoms. The molecule has 0 heterocycles. The fraction of sp³-hybridized carbons (Fsp3) is 0.222. The molecule has 0 unspecified atom stereocenters. The van der Waals surface area contributed by atoms with Gasteiger partial charge in [-0.2, -0.15) is 0 Å². The minimum atomic E-state index is -2.44. The van der Waals surface area contributed by atoms with Crippen LogP contribution in [-0.4, -0.2) is 17.8 Å². The zero-order valence-electron chi connectivity index (χ0n) is 7.91. The van der Waals surface area contributed by atoms with Crippen LogP contribution in [0.25, 0.3) is 0 Å². The number of hydrogen-bond donors (Lipinski definition) is 1. The van der Waals surface area contributed by atoms with E-state index in [9.17, 15) is 9.00 Å². The maximum absolute atomic E-state index is 11.3. The van der Waals surface area contributed by atoms with Gasteiger partial charge in [-0.25, -0.2) is 4.79 Å². The van der Waals surface area contributed by atoms with Crippen molar-refractivity contribution in [3.05, 3.63) is 29.3 Å². The van der Waals surface area contributed by atoms with Gasteiger partial charge in [-0.1, -0.05) is 15.8 Å². The molecule has 14 heavy (non-hydrogen) atoms. The highest BCUT2D eigenvalue weighted by molar-refractivity contribution is 8.15. The number of rotatable bonds is 1. The van der Waals surface area contributed by atoms with Crippen LogP contribution in [0, 0.1) is 0 Å². The van der Waals surface area contributed by atoms with Gasteiger partial charge in [0, 0.05) is 10.7 Å². The lowest BCUT2D eigenvalue weighted by Crippen LogP contribution is -2.24. The lowest BCUT2D eigenvalue weighted by Gasteiger charge is -2.02. The molecule has 0 aromatic heterocycles. The Morgan fingerprint density at radius 3 is 2.21 bits per heavy atom. The first-order valence-electron chi connectivity index (χ1n) is 3.90. The van der Waals surface area contributed by atoms with Gasteiger partial charge in [0.2, 0.25) is 0 Å². The first-order valence-corrected chi connectivity index (χ1v) is 6.65. The summed E-state index contributed by atoms with van der Waals surface area (Å²) in [5.41, 5.74) is 0.593. The fourth-order valence-corrected chi connectivity index (χ4v) is 1.26. The molecule has 76 valence electrons. The van der Waals surface area contributed by atoms with Crippen LogP contribution in [0.15, 0.2) is 24.3 Å². The lowest BCUT2D eigenvalue weighted by atomic mass is 10.3. The van der Waals surface area contributed by atoms with Gasteiger partial charge in [0.1, 0.15) is 12.5 Å². The molecule has 0 aliphatic rings. The number of amides is 1. The Morgan fingerprint density at radius 1 is 1.29 bits per heavy atom. The molecule has 3 nitrogen and oxygen atoms in total. The molecule has 1 amide bonds. The minimum absolute atomic E-state index is 0.472. The summed E-state index contributed by atoms with van der Waals surface area (Å²) in [6.45, 7) is 0. The van der Waals surface area contributed by atoms with E-state index in [2.05, 4.69) is 5.32 Å². The summed E-state index contributed by atoms with van der Waals surface area (Å²) in [5, 5.41) is 2.66. The second kappa shape index (κ2) is 4.11. The van der Waals surface area contributed by atoms with E-state index in [1.807, 2.05) is 0 Å². The number of benzene rings is 1. The largest absolute Gasteiger partial charge is 0.435 e. The molecule has 1 aromatic carbocycles. The van der Waals surface area contributed by atoms with E-state index in [1.165, 1.54) is 12.5 Å². The van der Waals surface area contributed by atoms with Crippen LogP contribution >= 0.6 is 11.6 Å². The van der Waals surface area contributed by atoms with E-state index >= 15 is 0 Å². The summed E-state index contributed by atoms with van der Waals surface area (Å²) in [6, 6.07) is 6.63. The Labute approximate surface area is 88.9 Å². The summed E-state index contributed by atoms with van der Waals surface area (Å²) in [6.07, 6.45) is 2.80. The van der Waals surface area contributed by atoms with Crippen LogP contribution in [0.2, 0.25) is 5.02 Å². The van der Waals surface area contributed by atoms with Gasteiger partial charge in [0.25, 0.3) is 0 Å². The van der Waals surface area contributed by atoms with E-state index in [0.29, 0.717) is 10.7 Å². The van der Waals surface area contributed by atoms with Crippen molar-refractivity contribution < 1.29 is 9.00 Å². The molecular formula is C9H11ClNO2S+. The van der Waals surface area contributed by atoms with Crippen molar-refractivity contribution in [2.75, 3.05) is 17.8 Å². The maximum atomic E-state index is 11.3. The summed E-state index contributed by atoms with van der Waals surface area (Å²) in [7, 11) is -2.44. The van der Waals surface area contributed by atoms with E-state index in [-0.39, 0.29) is 0 Å². The summed E-state index contributed by atoms with van der Waals surface area (Å²) < 4.78 is 11.3. The number of nitrogens with one attached hydrogen (secondary N) is 1. The Hall–Kier alpha value is -0.870. The van der Waals surface area contributed by atoms with Crippen LogP contribution in [0.4, 0.5) is 10.5 Å². The molecule has 0 atom stereocenters. The monoisotopic (exact) mass is 232 g/mol. The smallest absolute Gasteiger partial charge is 0.282 e. The molecule has 0 aliphatic carbocycles. The topological polar surface area (TPSA) is 46.2 Å². The summed E-state index contributed by atoms with van der Waals surface area (Å²) in [5.74, 6) is 0. The van der Waals surface area contributed by atoms with Gasteiger partial charge in [-0.3, -0.25) is 5.32 Å². The summed E-state index contributed by atoms with van der Waals surface area (Å²) in [4.78, 5) is 11.3. The van der Waals surface area contributed by atoms with Crippen LogP contribution in [0.3, 0.4) is 0 Å². The normalized spacial score (nSPS) is 11.1. The van der Waals surface area contributed by atoms with Crippen molar-refractivity contribution in [3.8, 4) is 0 Å². The minimum Gasteiger partial charge on any atom is -0.282 e. The first kappa shape index (κ1) is 11.2. The highest BCUT2D eigenvalue weighted by Crippen LogP contribution is 2.14. The summed E-state index contributed by atoms with van der Waals surface area (Å²) >= 11 is 5.67. The molecule has 0 fully saturated rings. The van der Waals surface area contributed by atoms with E-state index in [1.54, 1.807) is 24.3 Å². The predicted octanol–water partition coefficient (Wildman–Crippen LogP) is 2.63. The van der Waals surface area contributed by atoms with Crippen molar-refractivity contribution in [2.24, 2.45) is 0 Å². The maximum Gasteiger partial charge on any atom is 0.435 e. The molecule has 0 aliphatic heterocycles. The van der Waals surface area contributed by atoms with Gasteiger partial charge in [0.15, 0.2) is 9.93 Å². The van der Waals surface area contributed by atoms with Crippen LogP contribution in [0.1, 0.15) is 0 Å². The Balaban J connectivity index is 2.76. The van der Waals surface area contributed by atoms with Gasteiger partial charge in [0.05, 0.1) is 0 Å². The molecule has 5 heteroatoms. The van der Waals surface area contributed by atoms with Crippen LogP contribution < -0.4 is 5.32 Å². The molecule has 0 saturated heterocycles. The van der Waals surface area contributed by atoms with Crippen molar-refractivity contribution in [1.29, 1.82) is 0 Å². The van der Waals surface area contributed by atoms with Gasteiger partial charge in [-0.05, 0) is 24.3 Å². The third kappa shape index (κ3) is 3.12. The van der Waals surface area contributed by atoms with Crippen LogP contribution in [0.5, 0.6) is 0 Å². The van der Waals surface area contributed by atoms with Crippen molar-refractivity contribution in [1.82, 2.24) is 0 Å². The number of hydrogen-bond acceptors (Lipinski definition) is 2. The quantitative estimate of drug-likeness (QED) is 0.757. The average molecular weight is 233 g/mol. The zero-order valence-corrected chi connectivity index (χ0v) is 9.48. The lowest BCUT2D eigenvalue weighted by molar-refractivity contribution is 0.268. The molecule has 0 bridgehead atoms. The van der Waals surface area contributed by atoms with Gasteiger partial charge >= 0.3 is 5.24 Å². The number of carbonyl (C=O) groups excluding carboxylic acids is 1. The molecule has 0 radical (unpaired) electrons. The number of carbonyl (C=O) groups is 1. The molecule has 1 N–H and O–H groups in total. The second-order valence-electron chi connectivity index (χ2n) is 3.15.